The van der Waals surface area contributed by atoms with Gasteiger partial charge in [0, 0.05) is 44.9 Å². The lowest BCUT2D eigenvalue weighted by Crippen LogP contribution is -2.44. The van der Waals surface area contributed by atoms with E-state index < -0.39 is 0 Å². The lowest BCUT2D eigenvalue weighted by atomic mass is 9.96. The Morgan fingerprint density at radius 3 is 2.70 bits per heavy atom. The minimum Gasteiger partial charge on any atom is -0.497 e. The van der Waals surface area contributed by atoms with Crippen LogP contribution in [0.25, 0.3) is 0 Å². The van der Waals surface area contributed by atoms with Gasteiger partial charge < -0.3 is 19.5 Å². The first kappa shape index (κ1) is 19.9. The molecule has 3 aromatic rings. The van der Waals surface area contributed by atoms with Crippen LogP contribution < -0.4 is 15.0 Å². The average Bonchev–Trinajstić information content (AvgIpc) is 3.23. The van der Waals surface area contributed by atoms with E-state index in [0.29, 0.717) is 6.54 Å². The van der Waals surface area contributed by atoms with Crippen LogP contribution in [0.1, 0.15) is 30.3 Å². The summed E-state index contributed by atoms with van der Waals surface area (Å²) in [4.78, 5) is 28.4. The van der Waals surface area contributed by atoms with Gasteiger partial charge in [-0.1, -0.05) is 12.1 Å². The first-order valence-electron chi connectivity index (χ1n) is 10.1. The number of hydrogen-bond donors (Lipinski definition) is 1. The van der Waals surface area contributed by atoms with Crippen LogP contribution in [-0.2, 0) is 11.8 Å². The van der Waals surface area contributed by atoms with E-state index in [1.54, 1.807) is 31.9 Å². The molecule has 1 aromatic carbocycles. The van der Waals surface area contributed by atoms with Gasteiger partial charge in [-0.25, -0.2) is 9.97 Å². The summed E-state index contributed by atoms with van der Waals surface area (Å²) in [7, 11) is 3.57. The second-order valence-corrected chi connectivity index (χ2v) is 7.46. The molecule has 1 aliphatic heterocycles. The number of amides is 1. The summed E-state index contributed by atoms with van der Waals surface area (Å²) in [6, 6.07) is 7.38. The van der Waals surface area contributed by atoms with Gasteiger partial charge in [0.2, 0.25) is 5.91 Å². The molecule has 8 heteroatoms. The van der Waals surface area contributed by atoms with Crippen LogP contribution >= 0.6 is 0 Å². The number of anilines is 1. The van der Waals surface area contributed by atoms with Gasteiger partial charge in [0.1, 0.15) is 23.4 Å². The molecule has 8 nitrogen and oxygen atoms in total. The molecular formula is C22H26N6O2. The summed E-state index contributed by atoms with van der Waals surface area (Å²) in [5.41, 5.74) is 0.958. The van der Waals surface area contributed by atoms with Crippen LogP contribution in [0.5, 0.6) is 5.75 Å². The van der Waals surface area contributed by atoms with Crippen LogP contribution in [0.3, 0.4) is 0 Å². The maximum atomic E-state index is 13.3. The Hall–Kier alpha value is -3.42. The summed E-state index contributed by atoms with van der Waals surface area (Å²) < 4.78 is 7.20. The van der Waals surface area contributed by atoms with Crippen molar-refractivity contribution in [2.45, 2.75) is 18.9 Å². The van der Waals surface area contributed by atoms with E-state index in [-0.39, 0.29) is 17.9 Å². The SMILES string of the molecule is COc1ccc(C(NC(=O)C2CCCN(c3cnccn3)C2)c2nccn2C)cc1. The summed E-state index contributed by atoms with van der Waals surface area (Å²) in [5, 5.41) is 3.23. The van der Waals surface area contributed by atoms with E-state index in [1.165, 1.54) is 0 Å². The Kier molecular flexibility index (Phi) is 5.92. The van der Waals surface area contributed by atoms with Crippen molar-refractivity contribution in [3.8, 4) is 5.75 Å². The number of aromatic nitrogens is 4. The van der Waals surface area contributed by atoms with Gasteiger partial charge in [0.25, 0.3) is 0 Å². The van der Waals surface area contributed by atoms with Crippen molar-refractivity contribution in [3.63, 3.8) is 0 Å². The van der Waals surface area contributed by atoms with Crippen LogP contribution in [0.4, 0.5) is 5.82 Å². The highest BCUT2D eigenvalue weighted by Crippen LogP contribution is 2.26. The minimum absolute atomic E-state index is 0.0207. The van der Waals surface area contributed by atoms with Crippen LogP contribution in [-0.4, -0.2) is 45.6 Å². The van der Waals surface area contributed by atoms with Gasteiger partial charge in [0.15, 0.2) is 0 Å². The van der Waals surface area contributed by atoms with E-state index in [2.05, 4.69) is 25.2 Å². The van der Waals surface area contributed by atoms with E-state index in [0.717, 1.165) is 42.3 Å². The third-order valence-corrected chi connectivity index (χ3v) is 5.52. The van der Waals surface area contributed by atoms with Crippen molar-refractivity contribution in [1.82, 2.24) is 24.8 Å². The first-order valence-corrected chi connectivity index (χ1v) is 10.1. The van der Waals surface area contributed by atoms with Gasteiger partial charge >= 0.3 is 0 Å². The Balaban J connectivity index is 1.53. The minimum atomic E-state index is -0.338. The van der Waals surface area contributed by atoms with E-state index in [9.17, 15) is 4.79 Å². The van der Waals surface area contributed by atoms with Crippen molar-refractivity contribution in [2.24, 2.45) is 13.0 Å². The molecule has 0 aliphatic carbocycles. The average molecular weight is 406 g/mol. The summed E-state index contributed by atoms with van der Waals surface area (Å²) >= 11 is 0. The molecule has 1 fully saturated rings. The maximum absolute atomic E-state index is 13.3. The molecule has 2 aromatic heterocycles. The standard InChI is InChI=1S/C22H26N6O2/c1-27-13-11-25-21(27)20(16-5-7-18(30-2)8-6-16)26-22(29)17-4-3-12-28(15-17)19-14-23-9-10-24-19/h5-11,13-14,17,20H,3-4,12,15H2,1-2H3,(H,26,29). The molecule has 156 valence electrons. The lowest BCUT2D eigenvalue weighted by Gasteiger charge is -2.33. The number of hydrogen-bond acceptors (Lipinski definition) is 6. The van der Waals surface area contributed by atoms with Gasteiger partial charge in [0.05, 0.1) is 19.2 Å². The number of nitrogens with zero attached hydrogens (tertiary/aromatic N) is 5. The third kappa shape index (κ3) is 4.27. The number of methoxy groups -OCH3 is 1. The van der Waals surface area contributed by atoms with Crippen molar-refractivity contribution >= 4 is 11.7 Å². The summed E-state index contributed by atoms with van der Waals surface area (Å²) in [5.74, 6) is 2.27. The zero-order valence-corrected chi connectivity index (χ0v) is 17.2. The number of ether oxygens (including phenoxy) is 1. The number of carbonyl (C=O) groups is 1. The highest BCUT2D eigenvalue weighted by Gasteiger charge is 2.30. The second kappa shape index (κ2) is 8.94. The molecule has 2 unspecified atom stereocenters. The zero-order valence-electron chi connectivity index (χ0n) is 17.2. The normalized spacial score (nSPS) is 17.4. The molecule has 30 heavy (non-hydrogen) atoms. The number of imidazole rings is 1. The van der Waals surface area contributed by atoms with Crippen molar-refractivity contribution in [3.05, 3.63) is 66.6 Å². The number of rotatable bonds is 6. The summed E-state index contributed by atoms with van der Waals surface area (Å²) in [6.45, 7) is 1.50. The first-order chi connectivity index (χ1) is 14.7. The Morgan fingerprint density at radius 2 is 2.03 bits per heavy atom. The molecule has 4 rings (SSSR count). The van der Waals surface area contributed by atoms with Crippen molar-refractivity contribution < 1.29 is 9.53 Å². The highest BCUT2D eigenvalue weighted by molar-refractivity contribution is 5.80. The molecule has 1 saturated heterocycles. The monoisotopic (exact) mass is 406 g/mol. The maximum Gasteiger partial charge on any atom is 0.225 e. The molecule has 1 N–H and O–H groups in total. The molecule has 3 heterocycles. The van der Waals surface area contributed by atoms with Gasteiger partial charge in [-0.15, -0.1) is 0 Å². The van der Waals surface area contributed by atoms with Gasteiger partial charge in [-0.05, 0) is 30.5 Å². The van der Waals surface area contributed by atoms with Crippen LogP contribution in [0, 0.1) is 5.92 Å². The predicted molar refractivity (Wildman–Crippen MR) is 113 cm³/mol. The quantitative estimate of drug-likeness (QED) is 0.676. The lowest BCUT2D eigenvalue weighted by molar-refractivity contribution is -0.125. The van der Waals surface area contributed by atoms with Crippen LogP contribution in [0.15, 0.2) is 55.2 Å². The molecule has 1 aliphatic rings. The third-order valence-electron chi connectivity index (χ3n) is 5.52. The van der Waals surface area contributed by atoms with Crippen molar-refractivity contribution in [1.29, 1.82) is 0 Å². The van der Waals surface area contributed by atoms with Crippen LogP contribution in [0.2, 0.25) is 0 Å². The fourth-order valence-corrected chi connectivity index (χ4v) is 3.86. The number of piperidine rings is 1. The Bertz CT molecular complexity index is 973. The molecule has 0 bridgehead atoms. The van der Waals surface area contributed by atoms with Gasteiger partial charge in [-0.3, -0.25) is 9.78 Å². The highest BCUT2D eigenvalue weighted by atomic mass is 16.5. The largest absolute Gasteiger partial charge is 0.497 e. The molecular weight excluding hydrogens is 380 g/mol. The molecule has 2 atom stereocenters. The summed E-state index contributed by atoms with van der Waals surface area (Å²) in [6.07, 6.45) is 10.5. The topological polar surface area (TPSA) is 85.2 Å². The number of nitrogens with one attached hydrogen (secondary N) is 1. The number of aryl methyl sites for hydroxylation is 1. The number of carbonyl (C=O) groups excluding carboxylic acids is 1. The molecule has 0 spiro atoms. The fraction of sp³-hybridized carbons (Fsp3) is 0.364. The Morgan fingerprint density at radius 1 is 1.20 bits per heavy atom. The molecule has 0 saturated carbocycles. The van der Waals surface area contributed by atoms with Gasteiger partial charge in [-0.2, -0.15) is 0 Å². The van der Waals surface area contributed by atoms with Crippen molar-refractivity contribution in [2.75, 3.05) is 25.1 Å². The smallest absolute Gasteiger partial charge is 0.225 e. The van der Waals surface area contributed by atoms with E-state index in [1.807, 2.05) is 42.1 Å². The predicted octanol–water partition coefficient (Wildman–Crippen LogP) is 2.34. The second-order valence-electron chi connectivity index (χ2n) is 7.46. The molecule has 1 amide bonds. The Labute approximate surface area is 175 Å². The zero-order chi connectivity index (χ0) is 20.9. The van der Waals surface area contributed by atoms with E-state index >= 15 is 0 Å². The van der Waals surface area contributed by atoms with E-state index in [4.69, 9.17) is 4.74 Å². The molecule has 0 radical (unpaired) electrons. The number of benzene rings is 1. The fourth-order valence-electron chi connectivity index (χ4n) is 3.86.